The van der Waals surface area contributed by atoms with Crippen LogP contribution in [-0.4, -0.2) is 10.5 Å². The smallest absolute Gasteiger partial charge is 0.250 e. The van der Waals surface area contributed by atoms with Crippen LogP contribution < -0.4 is 16.6 Å². The van der Waals surface area contributed by atoms with E-state index in [1.165, 1.54) is 5.56 Å². The molecular formula is C21H23IN4O. The van der Waals surface area contributed by atoms with Gasteiger partial charge in [0.15, 0.2) is 5.96 Å². The fraction of sp³-hybridized carbons (Fsp3) is 0.143. The summed E-state index contributed by atoms with van der Waals surface area (Å²) >= 11 is 0. The predicted molar refractivity (Wildman–Crippen MR) is 122 cm³/mol. The molecule has 0 amide bonds. The maximum Gasteiger partial charge on any atom is 0.250 e. The molecule has 0 aliphatic carbocycles. The number of hydrogen-bond acceptors (Lipinski definition) is 2. The summed E-state index contributed by atoms with van der Waals surface area (Å²) in [4.78, 5) is 16.1. The van der Waals surface area contributed by atoms with Crippen molar-refractivity contribution in [1.82, 2.24) is 4.57 Å². The van der Waals surface area contributed by atoms with Crippen molar-refractivity contribution in [1.29, 1.82) is 0 Å². The molecule has 5 nitrogen and oxygen atoms in total. The summed E-state index contributed by atoms with van der Waals surface area (Å²) in [6.07, 6.45) is 1.79. The highest BCUT2D eigenvalue weighted by Crippen LogP contribution is 2.09. The Balaban J connectivity index is 0.00000261. The number of nitrogens with two attached hydrogens (primary N) is 1. The molecule has 0 radical (unpaired) electrons. The summed E-state index contributed by atoms with van der Waals surface area (Å²) < 4.78 is 1.68. The van der Waals surface area contributed by atoms with E-state index in [0.29, 0.717) is 19.0 Å². The Morgan fingerprint density at radius 3 is 2.33 bits per heavy atom. The van der Waals surface area contributed by atoms with Gasteiger partial charge >= 0.3 is 0 Å². The Hall–Kier alpha value is -2.61. The molecule has 140 valence electrons. The number of nitrogens with one attached hydrogen (secondary N) is 1. The van der Waals surface area contributed by atoms with Gasteiger partial charge in [-0.1, -0.05) is 48.0 Å². The Labute approximate surface area is 176 Å². The largest absolute Gasteiger partial charge is 0.370 e. The second-order valence-corrected chi connectivity index (χ2v) is 6.18. The normalized spacial score (nSPS) is 10.9. The van der Waals surface area contributed by atoms with Crippen LogP contribution in [0.1, 0.15) is 16.7 Å². The SMILES string of the molecule is Cc1ccc(NC(N)=NCc2ccc(Cn3ccccc3=O)cc2)cc1.I. The number of aromatic nitrogens is 1. The molecule has 2 aromatic carbocycles. The van der Waals surface area contributed by atoms with Crippen molar-refractivity contribution >= 4 is 35.6 Å². The number of halogens is 1. The third-order valence-electron chi connectivity index (χ3n) is 4.03. The van der Waals surface area contributed by atoms with Gasteiger partial charge in [-0.05, 0) is 36.2 Å². The van der Waals surface area contributed by atoms with Crippen molar-refractivity contribution in [2.45, 2.75) is 20.0 Å². The maximum atomic E-state index is 11.8. The molecule has 0 atom stereocenters. The molecule has 6 heteroatoms. The van der Waals surface area contributed by atoms with E-state index < -0.39 is 0 Å². The standard InChI is InChI=1S/C21H22N4O.HI/c1-16-5-11-19(12-6-16)24-21(22)23-14-17-7-9-18(10-8-17)15-25-13-3-2-4-20(25)26;/h2-13H,14-15H2,1H3,(H3,22,23,24);1H. The minimum Gasteiger partial charge on any atom is -0.370 e. The molecule has 0 fully saturated rings. The molecule has 0 spiro atoms. The topological polar surface area (TPSA) is 72.4 Å². The minimum atomic E-state index is -0.00358. The molecule has 1 aromatic heterocycles. The molecule has 1 heterocycles. The Morgan fingerprint density at radius 2 is 1.67 bits per heavy atom. The fourth-order valence-corrected chi connectivity index (χ4v) is 2.54. The number of anilines is 1. The molecule has 3 rings (SSSR count). The summed E-state index contributed by atoms with van der Waals surface area (Å²) in [6.45, 7) is 3.09. The summed E-state index contributed by atoms with van der Waals surface area (Å²) in [6, 6.07) is 21.2. The van der Waals surface area contributed by atoms with Gasteiger partial charge in [0.25, 0.3) is 5.56 Å². The van der Waals surface area contributed by atoms with Crippen molar-refractivity contribution in [3.8, 4) is 0 Å². The lowest BCUT2D eigenvalue weighted by atomic mass is 10.1. The van der Waals surface area contributed by atoms with Crippen LogP contribution in [0.25, 0.3) is 0 Å². The van der Waals surface area contributed by atoms with Gasteiger partial charge in [0.05, 0.1) is 13.1 Å². The lowest BCUT2D eigenvalue weighted by Gasteiger charge is -2.07. The number of benzene rings is 2. The lowest BCUT2D eigenvalue weighted by Crippen LogP contribution is -2.22. The van der Waals surface area contributed by atoms with Crippen molar-refractivity contribution in [2.75, 3.05) is 5.32 Å². The zero-order valence-electron chi connectivity index (χ0n) is 15.1. The third kappa shape index (κ3) is 6.25. The van der Waals surface area contributed by atoms with Crippen LogP contribution in [0, 0.1) is 6.92 Å². The first kappa shape index (κ1) is 20.7. The van der Waals surface area contributed by atoms with Crippen molar-refractivity contribution in [2.24, 2.45) is 10.7 Å². The van der Waals surface area contributed by atoms with Gasteiger partial charge in [-0.3, -0.25) is 4.79 Å². The molecular weight excluding hydrogens is 451 g/mol. The monoisotopic (exact) mass is 474 g/mol. The average Bonchev–Trinajstić information content (AvgIpc) is 2.65. The number of guanidine groups is 1. The van der Waals surface area contributed by atoms with Crippen LogP contribution in [0.2, 0.25) is 0 Å². The number of nitrogens with zero attached hydrogens (tertiary/aromatic N) is 2. The number of hydrogen-bond donors (Lipinski definition) is 2. The highest BCUT2D eigenvalue weighted by atomic mass is 127. The lowest BCUT2D eigenvalue weighted by molar-refractivity contribution is 0.759. The summed E-state index contributed by atoms with van der Waals surface area (Å²) in [5, 5.41) is 3.08. The Bertz CT molecular complexity index is 947. The van der Waals surface area contributed by atoms with Gasteiger partial charge in [-0.15, -0.1) is 24.0 Å². The molecule has 27 heavy (non-hydrogen) atoms. The number of aryl methyl sites for hydroxylation is 1. The average molecular weight is 474 g/mol. The molecule has 0 bridgehead atoms. The van der Waals surface area contributed by atoms with Gasteiger partial charge < -0.3 is 15.6 Å². The predicted octanol–water partition coefficient (Wildman–Crippen LogP) is 3.75. The third-order valence-corrected chi connectivity index (χ3v) is 4.03. The van der Waals surface area contributed by atoms with E-state index in [2.05, 4.69) is 10.3 Å². The minimum absolute atomic E-state index is 0. The van der Waals surface area contributed by atoms with Gasteiger partial charge in [0.1, 0.15) is 0 Å². The van der Waals surface area contributed by atoms with E-state index in [4.69, 9.17) is 5.73 Å². The van der Waals surface area contributed by atoms with Crippen molar-refractivity contribution in [3.05, 3.63) is 100.0 Å². The highest BCUT2D eigenvalue weighted by Gasteiger charge is 1.99. The summed E-state index contributed by atoms with van der Waals surface area (Å²) in [7, 11) is 0. The maximum absolute atomic E-state index is 11.8. The highest BCUT2D eigenvalue weighted by molar-refractivity contribution is 14.0. The summed E-state index contributed by atoms with van der Waals surface area (Å²) in [5.74, 6) is 0.383. The van der Waals surface area contributed by atoms with Gasteiger partial charge in [-0.25, -0.2) is 4.99 Å². The zero-order valence-corrected chi connectivity index (χ0v) is 17.5. The van der Waals surface area contributed by atoms with Crippen molar-refractivity contribution in [3.63, 3.8) is 0 Å². The summed E-state index contributed by atoms with van der Waals surface area (Å²) in [5.41, 5.74) is 10.2. The fourth-order valence-electron chi connectivity index (χ4n) is 2.54. The quantitative estimate of drug-likeness (QED) is 0.336. The van der Waals surface area contributed by atoms with E-state index in [0.717, 1.165) is 16.8 Å². The van der Waals surface area contributed by atoms with Crippen LogP contribution in [0.5, 0.6) is 0 Å². The first-order chi connectivity index (χ1) is 12.6. The van der Waals surface area contributed by atoms with Gasteiger partial charge in [-0.2, -0.15) is 0 Å². The Morgan fingerprint density at radius 1 is 1.00 bits per heavy atom. The molecule has 3 N–H and O–H groups in total. The zero-order chi connectivity index (χ0) is 18.4. The van der Waals surface area contributed by atoms with Crippen molar-refractivity contribution < 1.29 is 0 Å². The number of rotatable bonds is 5. The van der Waals surface area contributed by atoms with Gasteiger partial charge in [0, 0.05) is 18.0 Å². The van der Waals surface area contributed by atoms with E-state index in [1.807, 2.05) is 61.5 Å². The Kier molecular flexibility index (Phi) is 7.60. The molecule has 0 saturated carbocycles. The number of pyridine rings is 1. The van der Waals surface area contributed by atoms with Crippen LogP contribution >= 0.6 is 24.0 Å². The van der Waals surface area contributed by atoms with E-state index >= 15 is 0 Å². The molecule has 0 unspecified atom stereocenters. The van der Waals surface area contributed by atoms with Crippen LogP contribution in [0.15, 0.2) is 82.7 Å². The van der Waals surface area contributed by atoms with Crippen LogP contribution in [0.3, 0.4) is 0 Å². The molecule has 3 aromatic rings. The first-order valence-electron chi connectivity index (χ1n) is 8.47. The second kappa shape index (κ2) is 9.91. The molecule has 0 aliphatic rings. The van der Waals surface area contributed by atoms with E-state index in [9.17, 15) is 4.79 Å². The first-order valence-corrected chi connectivity index (χ1v) is 8.47. The molecule has 0 saturated heterocycles. The second-order valence-electron chi connectivity index (χ2n) is 6.18. The van der Waals surface area contributed by atoms with E-state index in [-0.39, 0.29) is 29.5 Å². The van der Waals surface area contributed by atoms with Crippen LogP contribution in [0.4, 0.5) is 5.69 Å². The van der Waals surface area contributed by atoms with Crippen LogP contribution in [-0.2, 0) is 13.1 Å². The molecule has 0 aliphatic heterocycles. The van der Waals surface area contributed by atoms with E-state index in [1.54, 1.807) is 22.9 Å². The number of aliphatic imine (C=N–C) groups is 1. The van der Waals surface area contributed by atoms with Gasteiger partial charge in [0.2, 0.25) is 0 Å².